The topological polar surface area (TPSA) is 170 Å². The molecule has 0 saturated carbocycles. The van der Waals surface area contributed by atoms with Crippen molar-refractivity contribution >= 4 is 66.4 Å². The van der Waals surface area contributed by atoms with Crippen LogP contribution in [0.25, 0.3) is 43.6 Å². The Morgan fingerprint density at radius 3 is 1.21 bits per heavy atom. The van der Waals surface area contributed by atoms with Crippen molar-refractivity contribution in [3.05, 3.63) is 93.0 Å². The molecule has 6 aromatic rings. The van der Waals surface area contributed by atoms with Gasteiger partial charge in [-0.05, 0) is 36.4 Å². The van der Waals surface area contributed by atoms with E-state index in [0.717, 1.165) is 33.2 Å². The van der Waals surface area contributed by atoms with Gasteiger partial charge in [-0.15, -0.1) is 0 Å². The van der Waals surface area contributed by atoms with Gasteiger partial charge in [0.25, 0.3) is 11.4 Å². The number of nitrogens with zero attached hydrogens (tertiary/aromatic N) is 2. The van der Waals surface area contributed by atoms with Crippen molar-refractivity contribution in [2.24, 2.45) is 0 Å². The zero-order valence-electron chi connectivity index (χ0n) is 17.6. The molecule has 0 radical (unpaired) electrons. The summed E-state index contributed by atoms with van der Waals surface area (Å²) >= 11 is 0. The number of aromatic amines is 2. The summed E-state index contributed by atoms with van der Waals surface area (Å²) in [6.07, 6.45) is 0. The number of anilines is 2. The average Bonchev–Trinajstić information content (AvgIpc) is 3.34. The van der Waals surface area contributed by atoms with E-state index in [1.54, 1.807) is 12.1 Å². The lowest BCUT2D eigenvalue weighted by Gasteiger charge is -1.93. The molecule has 10 nitrogen and oxygen atoms in total. The second kappa shape index (κ2) is 7.78. The fourth-order valence-electron chi connectivity index (χ4n) is 4.06. The van der Waals surface area contributed by atoms with Gasteiger partial charge in [0, 0.05) is 68.2 Å². The van der Waals surface area contributed by atoms with Gasteiger partial charge < -0.3 is 21.4 Å². The lowest BCUT2D eigenvalue weighted by atomic mass is 10.1. The summed E-state index contributed by atoms with van der Waals surface area (Å²) in [7, 11) is 0. The number of aromatic nitrogens is 2. The van der Waals surface area contributed by atoms with Gasteiger partial charge in [0.15, 0.2) is 0 Å². The molecule has 0 aliphatic heterocycles. The van der Waals surface area contributed by atoms with Crippen LogP contribution >= 0.6 is 0 Å². The van der Waals surface area contributed by atoms with E-state index in [9.17, 15) is 20.2 Å². The third-order valence-corrected chi connectivity index (χ3v) is 5.63. The first-order valence-electron chi connectivity index (χ1n) is 10.2. The van der Waals surface area contributed by atoms with E-state index < -0.39 is 9.85 Å². The number of hydrogen-bond donors (Lipinski definition) is 4. The number of nitro benzene ring substituents is 2. The Balaban J connectivity index is 0.000000145. The van der Waals surface area contributed by atoms with E-state index >= 15 is 0 Å². The Bertz CT molecular complexity index is 1630. The van der Waals surface area contributed by atoms with Crippen molar-refractivity contribution in [3.8, 4) is 0 Å². The Morgan fingerprint density at radius 2 is 0.853 bits per heavy atom. The highest BCUT2D eigenvalue weighted by Gasteiger charge is 2.13. The molecular formula is C24H18N6O4. The van der Waals surface area contributed by atoms with E-state index in [4.69, 9.17) is 11.5 Å². The predicted octanol–water partition coefficient (Wildman–Crippen LogP) is 5.62. The van der Waals surface area contributed by atoms with Gasteiger partial charge in [-0.3, -0.25) is 20.2 Å². The highest BCUT2D eigenvalue weighted by atomic mass is 16.6. The molecule has 2 heterocycles. The van der Waals surface area contributed by atoms with Crippen molar-refractivity contribution in [3.63, 3.8) is 0 Å². The molecule has 6 N–H and O–H groups in total. The Kier molecular flexibility index (Phi) is 4.75. The molecule has 0 amide bonds. The van der Waals surface area contributed by atoms with Crippen LogP contribution in [0.1, 0.15) is 0 Å². The largest absolute Gasteiger partial charge is 0.399 e. The van der Waals surface area contributed by atoms with Crippen LogP contribution < -0.4 is 11.5 Å². The second-order valence-corrected chi connectivity index (χ2v) is 7.83. The van der Waals surface area contributed by atoms with Crippen LogP contribution in [0.4, 0.5) is 22.7 Å². The lowest BCUT2D eigenvalue weighted by Crippen LogP contribution is -1.86. The van der Waals surface area contributed by atoms with Gasteiger partial charge in [0.05, 0.1) is 20.9 Å². The van der Waals surface area contributed by atoms with Gasteiger partial charge in [-0.25, -0.2) is 0 Å². The number of non-ortho nitro benzene ring substituents is 2. The van der Waals surface area contributed by atoms with E-state index in [1.807, 2.05) is 36.4 Å². The molecule has 168 valence electrons. The van der Waals surface area contributed by atoms with Crippen LogP contribution in [0.15, 0.2) is 72.8 Å². The van der Waals surface area contributed by atoms with Crippen LogP contribution in [0.3, 0.4) is 0 Å². The molecule has 6 rings (SSSR count). The van der Waals surface area contributed by atoms with Gasteiger partial charge in [0.2, 0.25) is 0 Å². The van der Waals surface area contributed by atoms with Crippen molar-refractivity contribution in [2.75, 3.05) is 11.5 Å². The number of nitrogens with two attached hydrogens (primary N) is 2. The van der Waals surface area contributed by atoms with Crippen molar-refractivity contribution < 1.29 is 9.85 Å². The molecule has 0 aliphatic rings. The first-order chi connectivity index (χ1) is 16.3. The Morgan fingerprint density at radius 1 is 0.529 bits per heavy atom. The van der Waals surface area contributed by atoms with E-state index in [-0.39, 0.29) is 11.4 Å². The molecule has 34 heavy (non-hydrogen) atoms. The molecule has 0 unspecified atom stereocenters. The minimum atomic E-state index is -0.479. The number of H-pyrrole nitrogens is 2. The Hall–Kier alpha value is -5.12. The van der Waals surface area contributed by atoms with Gasteiger partial charge in [0.1, 0.15) is 0 Å². The molecule has 0 bridgehead atoms. The third kappa shape index (κ3) is 3.58. The van der Waals surface area contributed by atoms with Crippen LogP contribution in [-0.2, 0) is 0 Å². The monoisotopic (exact) mass is 454 g/mol. The van der Waals surface area contributed by atoms with E-state index in [0.29, 0.717) is 11.0 Å². The summed E-state index contributed by atoms with van der Waals surface area (Å²) in [5, 5.41) is 25.4. The summed E-state index contributed by atoms with van der Waals surface area (Å²) in [6, 6.07) is 20.7. The maximum atomic E-state index is 10.7. The number of nitrogens with one attached hydrogen (secondary N) is 2. The van der Waals surface area contributed by atoms with Crippen molar-refractivity contribution in [2.45, 2.75) is 0 Å². The number of nitro groups is 2. The first kappa shape index (κ1) is 20.8. The molecule has 0 fully saturated rings. The zero-order valence-corrected chi connectivity index (χ0v) is 17.6. The molecular weight excluding hydrogens is 436 g/mol. The summed E-state index contributed by atoms with van der Waals surface area (Å²) < 4.78 is 0. The van der Waals surface area contributed by atoms with E-state index in [2.05, 4.69) is 9.97 Å². The lowest BCUT2D eigenvalue weighted by molar-refractivity contribution is -0.384. The molecule has 10 heteroatoms. The second-order valence-electron chi connectivity index (χ2n) is 7.83. The minimum Gasteiger partial charge on any atom is -0.399 e. The summed E-state index contributed by atoms with van der Waals surface area (Å²) in [5.41, 5.74) is 16.2. The van der Waals surface area contributed by atoms with E-state index in [1.165, 1.54) is 35.0 Å². The smallest absolute Gasteiger partial charge is 0.271 e. The minimum absolute atomic E-state index is 0.0199. The van der Waals surface area contributed by atoms with Gasteiger partial charge >= 0.3 is 0 Å². The molecule has 2 aromatic heterocycles. The predicted molar refractivity (Wildman–Crippen MR) is 134 cm³/mol. The molecule has 4 aromatic carbocycles. The number of benzene rings is 4. The molecule has 0 atom stereocenters. The maximum absolute atomic E-state index is 10.7. The molecule has 0 aliphatic carbocycles. The van der Waals surface area contributed by atoms with Gasteiger partial charge in [-0.2, -0.15) is 0 Å². The average molecular weight is 454 g/mol. The van der Waals surface area contributed by atoms with Crippen LogP contribution in [0.5, 0.6) is 0 Å². The van der Waals surface area contributed by atoms with Crippen molar-refractivity contribution in [1.82, 2.24) is 9.97 Å². The van der Waals surface area contributed by atoms with Crippen LogP contribution in [-0.4, -0.2) is 19.8 Å². The number of nitrogen functional groups attached to an aromatic ring is 2. The summed E-state index contributed by atoms with van der Waals surface area (Å²) in [6.45, 7) is 0. The highest BCUT2D eigenvalue weighted by Crippen LogP contribution is 2.30. The fraction of sp³-hybridized carbons (Fsp3) is 0. The molecule has 0 spiro atoms. The number of hydrogen-bond acceptors (Lipinski definition) is 6. The molecule has 0 saturated heterocycles. The Labute approximate surface area is 191 Å². The highest BCUT2D eigenvalue weighted by molar-refractivity contribution is 6.09. The van der Waals surface area contributed by atoms with Crippen LogP contribution in [0.2, 0.25) is 0 Å². The summed E-state index contributed by atoms with van der Waals surface area (Å²) in [5.74, 6) is 0. The maximum Gasteiger partial charge on any atom is 0.271 e. The van der Waals surface area contributed by atoms with Crippen LogP contribution in [0, 0.1) is 20.2 Å². The standard InChI is InChI=1S/C12H7N3O4.C12H11N3/c16-14(17)7-1-3-9-10-4-2-8(15(18)19)6-12(10)13-11(9)5-7;13-7-1-3-9-10-4-2-8(14)6-12(10)15-11(9)5-7/h1-6,13H;1-6,15H,13-14H2. The number of fused-ring (bicyclic) bond motifs is 6. The number of rotatable bonds is 2. The summed E-state index contributed by atoms with van der Waals surface area (Å²) in [4.78, 5) is 26.7. The first-order valence-corrected chi connectivity index (χ1v) is 10.2. The van der Waals surface area contributed by atoms with Crippen molar-refractivity contribution in [1.29, 1.82) is 0 Å². The zero-order chi connectivity index (χ0) is 24.0. The normalized spacial score (nSPS) is 11.1. The SMILES string of the molecule is Nc1ccc2c(c1)[nH]c1cc(N)ccc12.O=[N+]([O-])c1ccc2c(c1)[nH]c1cc([N+](=O)[O-])ccc12. The van der Waals surface area contributed by atoms with Gasteiger partial charge in [-0.1, -0.05) is 12.1 Å². The quantitative estimate of drug-likeness (QED) is 0.150. The fourth-order valence-corrected chi connectivity index (χ4v) is 4.06. The third-order valence-electron chi connectivity index (χ3n) is 5.63.